The maximum atomic E-state index is 5.41. The number of nitrogens with zero attached hydrogens (tertiary/aromatic N) is 1. The normalized spacial score (nSPS) is 11.4. The van der Waals surface area contributed by atoms with Crippen LogP contribution < -0.4 is 16.6 Å². The summed E-state index contributed by atoms with van der Waals surface area (Å²) in [5.74, 6) is 6.05. The summed E-state index contributed by atoms with van der Waals surface area (Å²) >= 11 is 0. The van der Waals surface area contributed by atoms with Crippen LogP contribution in [0.2, 0.25) is 0 Å². The Morgan fingerprint density at radius 3 is 2.74 bits per heavy atom. The van der Waals surface area contributed by atoms with Gasteiger partial charge in [-0.15, -0.1) is 0 Å². The van der Waals surface area contributed by atoms with Gasteiger partial charge in [-0.25, -0.2) is 5.84 Å². The molecule has 0 amide bonds. The van der Waals surface area contributed by atoms with Crippen molar-refractivity contribution >= 4 is 5.96 Å². The lowest BCUT2D eigenvalue weighted by Gasteiger charge is -2.08. The third-order valence-electron chi connectivity index (χ3n) is 2.69. The van der Waals surface area contributed by atoms with Gasteiger partial charge >= 0.3 is 0 Å². The van der Waals surface area contributed by atoms with Crippen molar-refractivity contribution in [2.75, 3.05) is 26.8 Å². The molecule has 0 fully saturated rings. The van der Waals surface area contributed by atoms with E-state index >= 15 is 0 Å². The predicted octanol–water partition coefficient (Wildman–Crippen LogP) is 1.06. The van der Waals surface area contributed by atoms with Gasteiger partial charge in [0.25, 0.3) is 0 Å². The monoisotopic (exact) mass is 264 g/mol. The Morgan fingerprint density at radius 1 is 1.26 bits per heavy atom. The lowest BCUT2D eigenvalue weighted by atomic mass is 10.1. The third kappa shape index (κ3) is 7.43. The van der Waals surface area contributed by atoms with Crippen LogP contribution in [0.15, 0.2) is 35.3 Å². The zero-order valence-corrected chi connectivity index (χ0v) is 11.6. The van der Waals surface area contributed by atoms with Gasteiger partial charge in [0.05, 0.1) is 0 Å². The predicted molar refractivity (Wildman–Crippen MR) is 78.9 cm³/mol. The molecule has 5 nitrogen and oxygen atoms in total. The number of aryl methyl sites for hydroxylation is 1. The highest BCUT2D eigenvalue weighted by Crippen LogP contribution is 2.02. The molecule has 0 saturated heterocycles. The SMILES string of the molecule is COCCCNC(=NCCCc1ccccc1)NN. The number of nitrogens with one attached hydrogen (secondary N) is 2. The van der Waals surface area contributed by atoms with Gasteiger partial charge in [0.15, 0.2) is 0 Å². The Bertz CT molecular complexity index is 354. The molecule has 1 aromatic carbocycles. The van der Waals surface area contributed by atoms with E-state index in [1.165, 1.54) is 5.56 Å². The fraction of sp³-hybridized carbons (Fsp3) is 0.500. The average Bonchev–Trinajstić information content (AvgIpc) is 2.46. The number of benzene rings is 1. The maximum absolute atomic E-state index is 5.41. The molecular formula is C14H24N4O. The van der Waals surface area contributed by atoms with Crippen molar-refractivity contribution in [3.63, 3.8) is 0 Å². The van der Waals surface area contributed by atoms with Crippen LogP contribution >= 0.6 is 0 Å². The topological polar surface area (TPSA) is 71.7 Å². The largest absolute Gasteiger partial charge is 0.385 e. The van der Waals surface area contributed by atoms with Crippen LogP contribution in [0.5, 0.6) is 0 Å². The van der Waals surface area contributed by atoms with Crippen LogP contribution in [-0.4, -0.2) is 32.8 Å². The minimum absolute atomic E-state index is 0.643. The Kier molecular flexibility index (Phi) is 8.42. The molecule has 0 aliphatic carbocycles. The van der Waals surface area contributed by atoms with Gasteiger partial charge in [-0.05, 0) is 24.8 Å². The Labute approximate surface area is 115 Å². The quantitative estimate of drug-likeness (QED) is 0.216. The first-order valence-corrected chi connectivity index (χ1v) is 6.64. The standard InChI is InChI=1S/C14H24N4O/c1-19-12-6-11-17-14(18-15)16-10-5-9-13-7-3-2-4-8-13/h2-4,7-8H,5-6,9-12,15H2,1H3,(H2,16,17,18). The van der Waals surface area contributed by atoms with Crippen LogP contribution in [0, 0.1) is 0 Å². The van der Waals surface area contributed by atoms with Gasteiger partial charge < -0.3 is 10.1 Å². The van der Waals surface area contributed by atoms with E-state index in [1.54, 1.807) is 7.11 Å². The zero-order chi connectivity index (χ0) is 13.8. The Hall–Kier alpha value is -1.59. The number of nitrogens with two attached hydrogens (primary N) is 1. The van der Waals surface area contributed by atoms with E-state index in [4.69, 9.17) is 10.6 Å². The molecule has 4 N–H and O–H groups in total. The molecule has 0 unspecified atom stereocenters. The van der Waals surface area contributed by atoms with Crippen molar-refractivity contribution in [3.05, 3.63) is 35.9 Å². The average molecular weight is 264 g/mol. The number of ether oxygens (including phenoxy) is 1. The van der Waals surface area contributed by atoms with E-state index in [0.29, 0.717) is 5.96 Å². The lowest BCUT2D eigenvalue weighted by molar-refractivity contribution is 0.195. The fourth-order valence-corrected chi connectivity index (χ4v) is 1.69. The first kappa shape index (κ1) is 15.5. The minimum atomic E-state index is 0.643. The molecule has 0 heterocycles. The van der Waals surface area contributed by atoms with Crippen LogP contribution in [0.25, 0.3) is 0 Å². The number of methoxy groups -OCH3 is 1. The number of hydrazine groups is 1. The molecule has 0 aromatic heterocycles. The van der Waals surface area contributed by atoms with Crippen molar-refractivity contribution < 1.29 is 4.74 Å². The molecule has 0 aliphatic rings. The van der Waals surface area contributed by atoms with Gasteiger partial charge in [-0.1, -0.05) is 30.3 Å². The fourth-order valence-electron chi connectivity index (χ4n) is 1.69. The third-order valence-corrected chi connectivity index (χ3v) is 2.69. The molecular weight excluding hydrogens is 240 g/mol. The van der Waals surface area contributed by atoms with E-state index in [2.05, 4.69) is 40.0 Å². The summed E-state index contributed by atoms with van der Waals surface area (Å²) in [6.07, 6.45) is 2.97. The van der Waals surface area contributed by atoms with Gasteiger partial charge in [0.2, 0.25) is 5.96 Å². The number of rotatable bonds is 8. The summed E-state index contributed by atoms with van der Waals surface area (Å²) in [6.45, 7) is 2.29. The molecule has 0 spiro atoms. The number of guanidine groups is 1. The van der Waals surface area contributed by atoms with Crippen molar-refractivity contribution in [3.8, 4) is 0 Å². The Morgan fingerprint density at radius 2 is 2.05 bits per heavy atom. The number of hydrogen-bond donors (Lipinski definition) is 3. The second-order valence-electron chi connectivity index (χ2n) is 4.24. The van der Waals surface area contributed by atoms with Crippen molar-refractivity contribution in [2.24, 2.45) is 10.8 Å². The number of hydrogen-bond acceptors (Lipinski definition) is 3. The first-order valence-electron chi connectivity index (χ1n) is 6.64. The van der Waals surface area contributed by atoms with E-state index in [-0.39, 0.29) is 0 Å². The van der Waals surface area contributed by atoms with Crippen LogP contribution in [0.4, 0.5) is 0 Å². The Balaban J connectivity index is 2.17. The van der Waals surface area contributed by atoms with E-state index < -0.39 is 0 Å². The highest BCUT2D eigenvalue weighted by molar-refractivity contribution is 5.79. The summed E-state index contributed by atoms with van der Waals surface area (Å²) in [6, 6.07) is 10.4. The molecule has 0 aliphatic heterocycles. The zero-order valence-electron chi connectivity index (χ0n) is 11.6. The van der Waals surface area contributed by atoms with Crippen LogP contribution in [0.3, 0.4) is 0 Å². The highest BCUT2D eigenvalue weighted by Gasteiger charge is 1.95. The minimum Gasteiger partial charge on any atom is -0.385 e. The first-order chi connectivity index (χ1) is 9.36. The number of aliphatic imine (C=N–C) groups is 1. The van der Waals surface area contributed by atoms with Crippen LogP contribution in [-0.2, 0) is 11.2 Å². The molecule has 0 radical (unpaired) electrons. The molecule has 19 heavy (non-hydrogen) atoms. The van der Waals surface area contributed by atoms with Gasteiger partial charge in [0, 0.05) is 26.8 Å². The molecule has 5 heteroatoms. The maximum Gasteiger partial charge on any atom is 0.205 e. The van der Waals surface area contributed by atoms with E-state index in [0.717, 1.165) is 39.0 Å². The molecule has 106 valence electrons. The smallest absolute Gasteiger partial charge is 0.205 e. The molecule has 1 aromatic rings. The summed E-state index contributed by atoms with van der Waals surface area (Å²) in [5.41, 5.74) is 3.92. The summed E-state index contributed by atoms with van der Waals surface area (Å²) in [5, 5.41) is 3.14. The van der Waals surface area contributed by atoms with Crippen molar-refractivity contribution in [1.29, 1.82) is 0 Å². The van der Waals surface area contributed by atoms with Gasteiger partial charge in [-0.2, -0.15) is 0 Å². The van der Waals surface area contributed by atoms with Gasteiger partial charge in [-0.3, -0.25) is 10.4 Å². The van der Waals surface area contributed by atoms with E-state index in [9.17, 15) is 0 Å². The van der Waals surface area contributed by atoms with Gasteiger partial charge in [0.1, 0.15) is 0 Å². The molecule has 0 bridgehead atoms. The second kappa shape index (κ2) is 10.3. The molecule has 0 saturated carbocycles. The summed E-state index contributed by atoms with van der Waals surface area (Å²) < 4.78 is 4.97. The van der Waals surface area contributed by atoms with E-state index in [1.807, 2.05) is 6.07 Å². The van der Waals surface area contributed by atoms with Crippen LogP contribution in [0.1, 0.15) is 18.4 Å². The highest BCUT2D eigenvalue weighted by atomic mass is 16.5. The molecule has 1 rings (SSSR count). The lowest BCUT2D eigenvalue weighted by Crippen LogP contribution is -2.42. The van der Waals surface area contributed by atoms with Crippen molar-refractivity contribution in [2.45, 2.75) is 19.3 Å². The summed E-state index contributed by atoms with van der Waals surface area (Å²) in [4.78, 5) is 4.38. The summed E-state index contributed by atoms with van der Waals surface area (Å²) in [7, 11) is 1.69. The van der Waals surface area contributed by atoms with Crippen molar-refractivity contribution in [1.82, 2.24) is 10.7 Å². The molecule has 0 atom stereocenters. The second-order valence-corrected chi connectivity index (χ2v) is 4.24.